The van der Waals surface area contributed by atoms with Crippen LogP contribution >= 0.6 is 11.6 Å². The van der Waals surface area contributed by atoms with Crippen LogP contribution in [0.15, 0.2) is 109 Å². The maximum absolute atomic E-state index is 8.28. The van der Waals surface area contributed by atoms with Crippen molar-refractivity contribution in [3.05, 3.63) is 114 Å². The molecule has 0 bridgehead atoms. The Kier molecular flexibility index (Phi) is 3.66. The van der Waals surface area contributed by atoms with Gasteiger partial charge in [0.15, 0.2) is 11.6 Å². The molecule has 0 amide bonds. The molecular formula is C29H18ClN3. The maximum Gasteiger partial charge on any atom is 0.226 e. The van der Waals surface area contributed by atoms with Crippen LogP contribution in [-0.2, 0) is 0 Å². The Bertz CT molecular complexity index is 1870. The Labute approximate surface area is 203 Å². The van der Waals surface area contributed by atoms with Gasteiger partial charge in [-0.1, -0.05) is 96.9 Å². The SMILES string of the molecule is [2H]c1c([2H])c([2H])c(-c2ccc3cc(-c4nc(Cl)nc(-c5cccc6ccccc56)n4)ccc3c2)c([2H])c1[2H]. The summed E-state index contributed by atoms with van der Waals surface area (Å²) in [6.07, 6.45) is 0. The molecule has 156 valence electrons. The average Bonchev–Trinajstić information content (AvgIpc) is 2.94. The zero-order valence-corrected chi connectivity index (χ0v) is 18.0. The van der Waals surface area contributed by atoms with E-state index in [9.17, 15) is 0 Å². The van der Waals surface area contributed by atoms with E-state index in [1.54, 1.807) is 6.07 Å². The van der Waals surface area contributed by atoms with Gasteiger partial charge in [0.25, 0.3) is 0 Å². The third-order valence-electron chi connectivity index (χ3n) is 5.53. The van der Waals surface area contributed by atoms with Crippen molar-refractivity contribution in [2.75, 3.05) is 0 Å². The van der Waals surface area contributed by atoms with Crippen LogP contribution in [0.1, 0.15) is 6.85 Å². The van der Waals surface area contributed by atoms with Gasteiger partial charge < -0.3 is 0 Å². The Morgan fingerprint density at radius 3 is 2.12 bits per heavy atom. The van der Waals surface area contributed by atoms with Gasteiger partial charge in [-0.3, -0.25) is 0 Å². The van der Waals surface area contributed by atoms with Crippen molar-refractivity contribution in [3.63, 3.8) is 0 Å². The molecule has 0 saturated carbocycles. The van der Waals surface area contributed by atoms with Crippen molar-refractivity contribution in [1.29, 1.82) is 0 Å². The molecule has 1 heterocycles. The van der Waals surface area contributed by atoms with Crippen molar-refractivity contribution in [1.82, 2.24) is 15.0 Å². The summed E-state index contributed by atoms with van der Waals surface area (Å²) in [7, 11) is 0. The molecule has 6 rings (SSSR count). The predicted molar refractivity (Wildman–Crippen MR) is 136 cm³/mol. The monoisotopic (exact) mass is 448 g/mol. The molecule has 33 heavy (non-hydrogen) atoms. The molecule has 5 aromatic carbocycles. The molecule has 0 radical (unpaired) electrons. The standard InChI is InChI=1S/C29H18ClN3/c30-29-32-27(31-28(33-29)26-12-6-10-20-9-4-5-11-25(20)26)24-16-15-22-17-21(13-14-23(22)18-24)19-7-2-1-3-8-19/h1-18H/i1D,2D,3D,7D,8D. The number of aromatic nitrogens is 3. The summed E-state index contributed by atoms with van der Waals surface area (Å²) in [5.41, 5.74) is 2.33. The van der Waals surface area contributed by atoms with Crippen LogP contribution < -0.4 is 0 Å². The van der Waals surface area contributed by atoms with Crippen molar-refractivity contribution in [3.8, 4) is 33.9 Å². The molecule has 0 spiro atoms. The zero-order chi connectivity index (χ0) is 26.6. The van der Waals surface area contributed by atoms with E-state index in [4.69, 9.17) is 23.4 Å². The van der Waals surface area contributed by atoms with Crippen molar-refractivity contribution < 1.29 is 6.85 Å². The van der Waals surface area contributed by atoms with E-state index in [0.29, 0.717) is 17.2 Å². The summed E-state index contributed by atoms with van der Waals surface area (Å²) >= 11 is 6.33. The number of hydrogen-bond donors (Lipinski definition) is 0. The summed E-state index contributed by atoms with van der Waals surface area (Å²) in [6, 6.07) is 23.5. The number of nitrogens with zero attached hydrogens (tertiary/aromatic N) is 3. The first-order valence-corrected chi connectivity index (χ1v) is 10.7. The topological polar surface area (TPSA) is 38.7 Å². The molecule has 0 fully saturated rings. The second kappa shape index (κ2) is 8.12. The highest BCUT2D eigenvalue weighted by atomic mass is 35.5. The quantitative estimate of drug-likeness (QED) is 0.277. The van der Waals surface area contributed by atoms with Gasteiger partial charge in [0.1, 0.15) is 0 Å². The Hall–Kier alpha value is -4.08. The van der Waals surface area contributed by atoms with E-state index in [-0.39, 0.29) is 35.0 Å². The van der Waals surface area contributed by atoms with Gasteiger partial charge in [0, 0.05) is 11.1 Å². The highest BCUT2D eigenvalue weighted by Crippen LogP contribution is 2.30. The largest absolute Gasteiger partial charge is 0.226 e. The average molecular weight is 449 g/mol. The van der Waals surface area contributed by atoms with Crippen LogP contribution in [0.4, 0.5) is 0 Å². The van der Waals surface area contributed by atoms with Crippen molar-refractivity contribution in [2.45, 2.75) is 0 Å². The second-order valence-electron chi connectivity index (χ2n) is 7.56. The van der Waals surface area contributed by atoms with Crippen molar-refractivity contribution >= 4 is 33.1 Å². The van der Waals surface area contributed by atoms with Gasteiger partial charge in [-0.05, 0) is 56.4 Å². The molecule has 0 N–H and O–H groups in total. The number of rotatable bonds is 3. The van der Waals surface area contributed by atoms with Gasteiger partial charge in [-0.2, -0.15) is 9.97 Å². The lowest BCUT2D eigenvalue weighted by Crippen LogP contribution is -1.97. The van der Waals surface area contributed by atoms with E-state index in [1.165, 1.54) is 0 Å². The summed E-state index contributed by atoms with van der Waals surface area (Å²) in [6.45, 7) is 0. The summed E-state index contributed by atoms with van der Waals surface area (Å²) in [4.78, 5) is 13.5. The second-order valence-corrected chi connectivity index (χ2v) is 7.89. The molecule has 0 unspecified atom stereocenters. The smallest absolute Gasteiger partial charge is 0.208 e. The number of halogens is 1. The fourth-order valence-electron chi connectivity index (χ4n) is 3.95. The minimum absolute atomic E-state index is 0.0922. The Balaban J connectivity index is 1.44. The molecule has 0 aliphatic heterocycles. The van der Waals surface area contributed by atoms with Crippen LogP contribution in [0, 0.1) is 0 Å². The molecule has 0 atom stereocenters. The fraction of sp³-hybridized carbons (Fsp3) is 0. The highest BCUT2D eigenvalue weighted by Gasteiger charge is 2.12. The summed E-state index contributed by atoms with van der Waals surface area (Å²) in [5.74, 6) is 0.915. The fourth-order valence-corrected chi connectivity index (χ4v) is 4.11. The van der Waals surface area contributed by atoms with Crippen LogP contribution in [0.25, 0.3) is 55.4 Å². The molecule has 1 aromatic heterocycles. The molecule has 0 aliphatic carbocycles. The van der Waals surface area contributed by atoms with Gasteiger partial charge in [-0.25, -0.2) is 4.98 Å². The first-order valence-electron chi connectivity index (χ1n) is 12.8. The zero-order valence-electron chi connectivity index (χ0n) is 22.2. The molecule has 0 aliphatic rings. The molecular weight excluding hydrogens is 426 g/mol. The van der Waals surface area contributed by atoms with Crippen LogP contribution in [0.5, 0.6) is 0 Å². The molecule has 4 heteroatoms. The number of benzene rings is 5. The Morgan fingerprint density at radius 2 is 1.27 bits per heavy atom. The van der Waals surface area contributed by atoms with E-state index in [2.05, 4.69) is 9.97 Å². The minimum Gasteiger partial charge on any atom is -0.208 e. The van der Waals surface area contributed by atoms with Crippen LogP contribution in [0.2, 0.25) is 5.28 Å². The predicted octanol–water partition coefficient (Wildman–Crippen LogP) is 7.83. The van der Waals surface area contributed by atoms with E-state index < -0.39 is 6.04 Å². The first-order chi connectivity index (χ1) is 18.3. The lowest BCUT2D eigenvalue weighted by Gasteiger charge is -2.09. The van der Waals surface area contributed by atoms with E-state index in [0.717, 1.165) is 32.7 Å². The first kappa shape index (κ1) is 14.9. The lowest BCUT2D eigenvalue weighted by molar-refractivity contribution is 1.07. The maximum atomic E-state index is 8.28. The third kappa shape index (κ3) is 3.73. The van der Waals surface area contributed by atoms with Gasteiger partial charge in [0.05, 0.1) is 6.85 Å². The summed E-state index contributed by atoms with van der Waals surface area (Å²) < 4.78 is 40.4. The van der Waals surface area contributed by atoms with Gasteiger partial charge >= 0.3 is 0 Å². The number of hydrogen-bond acceptors (Lipinski definition) is 3. The Morgan fingerprint density at radius 1 is 0.576 bits per heavy atom. The molecule has 6 aromatic rings. The van der Waals surface area contributed by atoms with Crippen LogP contribution in [0.3, 0.4) is 0 Å². The van der Waals surface area contributed by atoms with E-state index >= 15 is 0 Å². The van der Waals surface area contributed by atoms with Crippen molar-refractivity contribution in [2.24, 2.45) is 0 Å². The normalized spacial score (nSPS) is 13.3. The van der Waals surface area contributed by atoms with Gasteiger partial charge in [0.2, 0.25) is 5.28 Å². The number of fused-ring (bicyclic) bond motifs is 2. The molecule has 0 saturated heterocycles. The third-order valence-corrected chi connectivity index (χ3v) is 5.69. The van der Waals surface area contributed by atoms with E-state index in [1.807, 2.05) is 72.8 Å². The van der Waals surface area contributed by atoms with Gasteiger partial charge in [-0.15, -0.1) is 0 Å². The summed E-state index contributed by atoms with van der Waals surface area (Å²) in [5, 5.41) is 3.90. The highest BCUT2D eigenvalue weighted by molar-refractivity contribution is 6.28. The minimum atomic E-state index is -0.409. The van der Waals surface area contributed by atoms with Crippen LogP contribution in [-0.4, -0.2) is 15.0 Å². The lowest BCUT2D eigenvalue weighted by atomic mass is 10.00. The molecule has 3 nitrogen and oxygen atoms in total.